The molecule has 2 heterocycles. The van der Waals surface area contributed by atoms with Gasteiger partial charge in [-0.15, -0.1) is 15.7 Å². The molecule has 9 heteroatoms. The molecule has 0 unspecified atom stereocenters. The van der Waals surface area contributed by atoms with Gasteiger partial charge in [-0.2, -0.15) is 8.42 Å². The van der Waals surface area contributed by atoms with Gasteiger partial charge in [-0.3, -0.25) is 0 Å². The first-order valence-corrected chi connectivity index (χ1v) is 9.66. The molecule has 3 rings (SSSR count). The summed E-state index contributed by atoms with van der Waals surface area (Å²) in [5.41, 5.74) is 0.747. The van der Waals surface area contributed by atoms with Crippen molar-refractivity contribution in [1.29, 1.82) is 0 Å². The Bertz CT molecular complexity index is 1010. The van der Waals surface area contributed by atoms with Gasteiger partial charge in [0.05, 0.1) is 14.2 Å². The molecule has 6 nitrogen and oxygen atoms in total. The van der Waals surface area contributed by atoms with Gasteiger partial charge in [-0.05, 0) is 23.6 Å². The van der Waals surface area contributed by atoms with Gasteiger partial charge in [-0.1, -0.05) is 17.4 Å². The lowest BCUT2D eigenvalue weighted by Gasteiger charge is -2.06. The van der Waals surface area contributed by atoms with E-state index in [4.69, 9.17) is 9.47 Å². The Balaban J connectivity index is 2.32. The molecule has 122 valence electrons. The summed E-state index contributed by atoms with van der Waals surface area (Å²) in [6.45, 7) is 0. The van der Waals surface area contributed by atoms with Crippen molar-refractivity contribution < 1.29 is 17.9 Å². The van der Waals surface area contributed by atoms with E-state index in [1.807, 2.05) is 0 Å². The number of nitrogens with zero attached hydrogens (tertiary/aromatic N) is 2. The van der Waals surface area contributed by atoms with E-state index in [0.717, 1.165) is 21.6 Å². The van der Waals surface area contributed by atoms with Crippen LogP contribution in [0.4, 0.5) is 0 Å². The van der Waals surface area contributed by atoms with Crippen molar-refractivity contribution in [2.24, 2.45) is 11.4 Å². The number of rotatable bonds is 4. The number of hydrogen-bond acceptors (Lipinski definition) is 6. The minimum atomic E-state index is -3.73. The predicted octanol–water partition coefficient (Wildman–Crippen LogP) is 2.61. The Morgan fingerprint density at radius 3 is 2.43 bits per heavy atom. The van der Waals surface area contributed by atoms with E-state index in [1.54, 1.807) is 49.4 Å². The highest BCUT2D eigenvalue weighted by Crippen LogP contribution is 2.34. The van der Waals surface area contributed by atoms with Crippen molar-refractivity contribution in [2.45, 2.75) is 4.21 Å². The Labute approximate surface area is 141 Å². The number of aryl methyl sites for hydroxylation is 1. The standard InChI is InChI=1S/C14H14N2O4S3/c1-16-12-9(19-2)6-7-10(20-3)13(12)22-14(16)15-23(17,18)11-5-4-8-21-11/h4-8H,1-3H3/b15-14-. The van der Waals surface area contributed by atoms with E-state index < -0.39 is 10.0 Å². The average molecular weight is 370 g/mol. The van der Waals surface area contributed by atoms with Crippen LogP contribution in [0.2, 0.25) is 0 Å². The Kier molecular flexibility index (Phi) is 4.17. The number of hydrogen-bond donors (Lipinski definition) is 0. The Morgan fingerprint density at radius 2 is 1.83 bits per heavy atom. The zero-order valence-electron chi connectivity index (χ0n) is 12.6. The van der Waals surface area contributed by atoms with Gasteiger partial charge in [0.1, 0.15) is 25.9 Å². The van der Waals surface area contributed by atoms with Crippen molar-refractivity contribution in [3.63, 3.8) is 0 Å². The van der Waals surface area contributed by atoms with Gasteiger partial charge in [0.2, 0.25) is 4.80 Å². The topological polar surface area (TPSA) is 69.9 Å². The van der Waals surface area contributed by atoms with Crippen molar-refractivity contribution in [3.8, 4) is 11.5 Å². The summed E-state index contributed by atoms with van der Waals surface area (Å²) in [5, 5.41) is 1.71. The second-order valence-electron chi connectivity index (χ2n) is 4.59. The highest BCUT2D eigenvalue weighted by Gasteiger charge is 2.17. The predicted molar refractivity (Wildman–Crippen MR) is 91.0 cm³/mol. The molecular weight excluding hydrogens is 356 g/mol. The smallest absolute Gasteiger partial charge is 0.294 e. The zero-order chi connectivity index (χ0) is 16.6. The number of thiazole rings is 1. The number of aromatic nitrogens is 1. The van der Waals surface area contributed by atoms with Gasteiger partial charge in [-0.25, -0.2) is 0 Å². The fraction of sp³-hybridized carbons (Fsp3) is 0.214. The summed E-state index contributed by atoms with van der Waals surface area (Å²) >= 11 is 2.39. The summed E-state index contributed by atoms with van der Waals surface area (Å²) in [7, 11) is 1.16. The third-order valence-electron chi connectivity index (χ3n) is 3.26. The maximum Gasteiger partial charge on any atom is 0.294 e. The van der Waals surface area contributed by atoms with Crippen LogP contribution in [0, 0.1) is 0 Å². The molecule has 23 heavy (non-hydrogen) atoms. The minimum Gasteiger partial charge on any atom is -0.495 e. The quantitative estimate of drug-likeness (QED) is 0.708. The van der Waals surface area contributed by atoms with Gasteiger partial charge in [0, 0.05) is 7.05 Å². The molecule has 0 saturated heterocycles. The van der Waals surface area contributed by atoms with Crippen LogP contribution in [-0.4, -0.2) is 27.2 Å². The van der Waals surface area contributed by atoms with Crippen molar-refractivity contribution in [2.75, 3.05) is 14.2 Å². The molecule has 0 N–H and O–H groups in total. The second-order valence-corrected chi connectivity index (χ2v) is 8.35. The summed E-state index contributed by atoms with van der Waals surface area (Å²) in [6, 6.07) is 6.79. The molecule has 0 fully saturated rings. The van der Waals surface area contributed by atoms with Crippen molar-refractivity contribution in [3.05, 3.63) is 34.4 Å². The molecule has 0 saturated carbocycles. The molecule has 2 aromatic heterocycles. The van der Waals surface area contributed by atoms with Crippen LogP contribution >= 0.6 is 22.7 Å². The molecule has 0 spiro atoms. The molecular formula is C14H14N2O4S3. The maximum atomic E-state index is 12.4. The fourth-order valence-corrected chi connectivity index (χ4v) is 5.49. The molecule has 0 bridgehead atoms. The van der Waals surface area contributed by atoms with Gasteiger partial charge in [0.15, 0.2) is 0 Å². The van der Waals surface area contributed by atoms with Crippen LogP contribution in [0.15, 0.2) is 38.3 Å². The molecule has 0 aliphatic rings. The number of thiophene rings is 1. The third-order valence-corrected chi connectivity index (χ3v) is 7.16. The molecule has 3 aromatic rings. The van der Waals surface area contributed by atoms with E-state index >= 15 is 0 Å². The van der Waals surface area contributed by atoms with Crippen LogP contribution in [-0.2, 0) is 17.1 Å². The van der Waals surface area contributed by atoms with Crippen LogP contribution in [0.25, 0.3) is 10.2 Å². The molecule has 1 aromatic carbocycles. The lowest BCUT2D eigenvalue weighted by Crippen LogP contribution is -2.13. The van der Waals surface area contributed by atoms with Crippen LogP contribution in [0.1, 0.15) is 0 Å². The molecule has 0 atom stereocenters. The molecule has 0 aliphatic carbocycles. The summed E-state index contributed by atoms with van der Waals surface area (Å²) < 4.78 is 42.1. The number of fused-ring (bicyclic) bond motifs is 1. The first-order valence-electron chi connectivity index (χ1n) is 6.53. The average Bonchev–Trinajstić information content (AvgIpc) is 3.16. The molecule has 0 amide bonds. The first kappa shape index (κ1) is 16.0. The van der Waals surface area contributed by atoms with E-state index in [0.29, 0.717) is 16.3 Å². The maximum absolute atomic E-state index is 12.4. The summed E-state index contributed by atoms with van der Waals surface area (Å²) in [5.74, 6) is 1.28. The lowest BCUT2D eigenvalue weighted by atomic mass is 10.3. The number of benzene rings is 1. The van der Waals surface area contributed by atoms with Crippen molar-refractivity contribution in [1.82, 2.24) is 4.57 Å². The van der Waals surface area contributed by atoms with Crippen LogP contribution in [0.5, 0.6) is 11.5 Å². The highest BCUT2D eigenvalue weighted by molar-refractivity contribution is 7.92. The minimum absolute atomic E-state index is 0.217. The van der Waals surface area contributed by atoms with E-state index in [-0.39, 0.29) is 4.21 Å². The Morgan fingerprint density at radius 1 is 1.13 bits per heavy atom. The Hall–Kier alpha value is -1.84. The third kappa shape index (κ3) is 2.75. The van der Waals surface area contributed by atoms with E-state index in [1.165, 1.54) is 17.4 Å². The number of ether oxygens (including phenoxy) is 2. The molecule has 0 radical (unpaired) electrons. The lowest BCUT2D eigenvalue weighted by molar-refractivity contribution is 0.409. The number of methoxy groups -OCH3 is 2. The van der Waals surface area contributed by atoms with E-state index in [9.17, 15) is 8.42 Å². The second kappa shape index (κ2) is 5.99. The van der Waals surface area contributed by atoms with Gasteiger partial charge < -0.3 is 14.0 Å². The summed E-state index contributed by atoms with van der Waals surface area (Å²) in [6.07, 6.45) is 0. The monoisotopic (exact) mass is 370 g/mol. The SMILES string of the molecule is COc1ccc(OC)c2c1s/c(=N\S(=O)(=O)c1cccs1)n2C. The van der Waals surface area contributed by atoms with E-state index in [2.05, 4.69) is 4.40 Å². The van der Waals surface area contributed by atoms with Gasteiger partial charge >= 0.3 is 0 Å². The van der Waals surface area contributed by atoms with Crippen LogP contribution in [0.3, 0.4) is 0 Å². The van der Waals surface area contributed by atoms with Crippen LogP contribution < -0.4 is 14.3 Å². The highest BCUT2D eigenvalue weighted by atomic mass is 32.2. The normalized spacial score (nSPS) is 12.7. The largest absolute Gasteiger partial charge is 0.495 e. The zero-order valence-corrected chi connectivity index (χ0v) is 15.1. The molecule has 0 aliphatic heterocycles. The van der Waals surface area contributed by atoms with Gasteiger partial charge in [0.25, 0.3) is 10.0 Å². The number of sulfonamides is 1. The van der Waals surface area contributed by atoms with Crippen molar-refractivity contribution >= 4 is 42.9 Å². The summed E-state index contributed by atoms with van der Waals surface area (Å²) in [4.78, 5) is 0.358. The fourth-order valence-electron chi connectivity index (χ4n) is 2.17. The first-order chi connectivity index (χ1) is 11.0.